The zero-order valence-electron chi connectivity index (χ0n) is 25.1. The Morgan fingerprint density at radius 2 is 1.37 bits per heavy atom. The van der Waals surface area contributed by atoms with E-state index in [-0.39, 0.29) is 39.1 Å². The van der Waals surface area contributed by atoms with Gasteiger partial charge in [0.1, 0.15) is 30.8 Å². The largest absolute Gasteiger partial charge is 0.465 e. The Kier molecular flexibility index (Phi) is 14.5. The average Bonchev–Trinajstić information content (AvgIpc) is 2.96. The van der Waals surface area contributed by atoms with Gasteiger partial charge in [0.15, 0.2) is 0 Å². The number of carbonyl (C=O) groups excluding carboxylic acids is 5. The molecule has 0 aromatic heterocycles. The first-order valence-electron chi connectivity index (χ1n) is 14.2. The van der Waals surface area contributed by atoms with Crippen LogP contribution in [0.4, 0.5) is 9.59 Å². The van der Waals surface area contributed by atoms with Gasteiger partial charge < -0.3 is 35.5 Å². The van der Waals surface area contributed by atoms with Gasteiger partial charge in [-0.3, -0.25) is 14.4 Å². The number of benzene rings is 2. The van der Waals surface area contributed by atoms with Crippen LogP contribution in [0.5, 0.6) is 0 Å². The van der Waals surface area contributed by atoms with Crippen molar-refractivity contribution in [3.8, 4) is 0 Å². The molecular weight excluding hydrogens is 556 g/mol. The Labute approximate surface area is 252 Å². The van der Waals surface area contributed by atoms with Crippen molar-refractivity contribution in [2.45, 2.75) is 71.2 Å². The summed E-state index contributed by atoms with van der Waals surface area (Å²) >= 11 is 0. The molecule has 0 saturated carbocycles. The van der Waals surface area contributed by atoms with Gasteiger partial charge in [0, 0.05) is 13.0 Å². The molecule has 2 atom stereocenters. The molecule has 2 rings (SSSR count). The Hall–Kier alpha value is -4.61. The number of esters is 1. The maximum atomic E-state index is 13.5. The van der Waals surface area contributed by atoms with E-state index >= 15 is 0 Å². The highest BCUT2D eigenvalue weighted by Gasteiger charge is 2.28. The van der Waals surface area contributed by atoms with E-state index in [9.17, 15) is 24.0 Å². The van der Waals surface area contributed by atoms with Crippen LogP contribution in [-0.2, 0) is 41.6 Å². The van der Waals surface area contributed by atoms with Crippen molar-refractivity contribution in [3.63, 3.8) is 0 Å². The fourth-order valence-corrected chi connectivity index (χ4v) is 3.81. The zero-order chi connectivity index (χ0) is 31.7. The first-order valence-corrected chi connectivity index (χ1v) is 14.2. The molecule has 2 aromatic carbocycles. The van der Waals surface area contributed by atoms with Gasteiger partial charge >= 0.3 is 18.2 Å². The number of amides is 4. The van der Waals surface area contributed by atoms with E-state index in [0.717, 1.165) is 11.1 Å². The van der Waals surface area contributed by atoms with Crippen molar-refractivity contribution >= 4 is 30.0 Å². The number of hydrogen-bond donors (Lipinski definition) is 4. The van der Waals surface area contributed by atoms with Gasteiger partial charge in [-0.25, -0.2) is 9.59 Å². The summed E-state index contributed by atoms with van der Waals surface area (Å²) < 4.78 is 15.4. The molecule has 0 bridgehead atoms. The molecule has 0 radical (unpaired) electrons. The monoisotopic (exact) mass is 598 g/mol. The molecule has 0 aliphatic heterocycles. The summed E-state index contributed by atoms with van der Waals surface area (Å²) in [6.07, 6.45) is -0.866. The Morgan fingerprint density at radius 1 is 0.744 bits per heavy atom. The van der Waals surface area contributed by atoms with E-state index < -0.39 is 47.7 Å². The van der Waals surface area contributed by atoms with E-state index in [1.807, 2.05) is 36.4 Å². The van der Waals surface area contributed by atoms with E-state index in [0.29, 0.717) is 6.42 Å². The quantitative estimate of drug-likeness (QED) is 0.138. The lowest BCUT2D eigenvalue weighted by Crippen LogP contribution is -2.55. The summed E-state index contributed by atoms with van der Waals surface area (Å²) in [7, 11) is 0. The summed E-state index contributed by atoms with van der Waals surface area (Å²) in [5.41, 5.74) is 0.882. The molecule has 4 amide bonds. The highest BCUT2D eigenvalue weighted by molar-refractivity contribution is 5.92. The summed E-state index contributed by atoms with van der Waals surface area (Å²) in [5, 5.41) is 10.4. The number of carbonyl (C=O) groups is 5. The zero-order valence-corrected chi connectivity index (χ0v) is 25.1. The fraction of sp³-hybridized carbons (Fsp3) is 0.452. The first-order chi connectivity index (χ1) is 20.5. The third kappa shape index (κ3) is 14.7. The Morgan fingerprint density at radius 3 is 1.98 bits per heavy atom. The number of ether oxygens (including phenoxy) is 3. The molecule has 0 fully saturated rings. The van der Waals surface area contributed by atoms with Crippen LogP contribution in [0.1, 0.15) is 51.7 Å². The molecule has 0 aliphatic rings. The molecule has 0 heterocycles. The number of hydrogen-bond acceptors (Lipinski definition) is 8. The molecule has 0 unspecified atom stereocenters. The van der Waals surface area contributed by atoms with E-state index in [1.54, 1.807) is 52.0 Å². The predicted octanol–water partition coefficient (Wildman–Crippen LogP) is 2.99. The van der Waals surface area contributed by atoms with Crippen molar-refractivity contribution in [3.05, 3.63) is 71.8 Å². The summed E-state index contributed by atoms with van der Waals surface area (Å²) in [6.45, 7) is 6.81. The number of alkyl carbamates (subject to hydrolysis) is 2. The third-order valence-corrected chi connectivity index (χ3v) is 5.79. The van der Waals surface area contributed by atoms with Crippen LogP contribution in [0, 0.1) is 0 Å². The third-order valence-electron chi connectivity index (χ3n) is 5.79. The van der Waals surface area contributed by atoms with E-state index in [2.05, 4.69) is 21.3 Å². The molecule has 43 heavy (non-hydrogen) atoms. The summed E-state index contributed by atoms with van der Waals surface area (Å²) in [4.78, 5) is 62.9. The van der Waals surface area contributed by atoms with Gasteiger partial charge in [0.05, 0.1) is 6.61 Å². The molecule has 12 heteroatoms. The second-order valence-corrected chi connectivity index (χ2v) is 10.6. The van der Waals surface area contributed by atoms with Crippen molar-refractivity contribution in [2.24, 2.45) is 0 Å². The van der Waals surface area contributed by atoms with Gasteiger partial charge in [-0.2, -0.15) is 0 Å². The van der Waals surface area contributed by atoms with Crippen LogP contribution in [0.25, 0.3) is 0 Å². The molecule has 0 saturated heterocycles. The average molecular weight is 599 g/mol. The number of rotatable bonds is 15. The molecule has 12 nitrogen and oxygen atoms in total. The second kappa shape index (κ2) is 18.0. The number of nitrogens with one attached hydrogen (secondary N) is 4. The lowest BCUT2D eigenvalue weighted by Gasteiger charge is -2.23. The van der Waals surface area contributed by atoms with Gasteiger partial charge in [0.2, 0.25) is 11.8 Å². The summed E-state index contributed by atoms with van der Waals surface area (Å²) in [6, 6.07) is 16.0. The van der Waals surface area contributed by atoms with Crippen LogP contribution >= 0.6 is 0 Å². The smallest absolute Gasteiger partial charge is 0.408 e. The Bertz CT molecular complexity index is 1190. The SMILES string of the molecule is CCOC(=O)CNC(=O)[C@H](CCCNC(=O)OC(C)(C)C)NC(=O)[C@H](Cc1ccccc1)NC(=O)OCc1ccccc1. The van der Waals surface area contributed by atoms with Gasteiger partial charge in [-0.1, -0.05) is 60.7 Å². The normalized spacial score (nSPS) is 12.2. The standard InChI is InChI=1S/C31H42N4O8/c1-5-41-26(36)20-33-27(37)24(17-12-18-32-29(39)43-31(2,3)4)34-28(38)25(19-22-13-8-6-9-14-22)35-30(40)42-21-23-15-10-7-11-16-23/h6-11,13-16,24-25H,5,12,17-21H2,1-4H3,(H,32,39)(H,33,37)(H,34,38)(H,35,40)/t24-,25-/m0/s1. The van der Waals surface area contributed by atoms with Crippen LogP contribution in [0.15, 0.2) is 60.7 Å². The predicted molar refractivity (Wildman–Crippen MR) is 159 cm³/mol. The maximum Gasteiger partial charge on any atom is 0.408 e. The fourth-order valence-electron chi connectivity index (χ4n) is 3.81. The molecule has 0 spiro atoms. The van der Waals surface area contributed by atoms with Crippen LogP contribution in [0.2, 0.25) is 0 Å². The minimum Gasteiger partial charge on any atom is -0.465 e. The maximum absolute atomic E-state index is 13.5. The van der Waals surface area contributed by atoms with Crippen molar-refractivity contribution < 1.29 is 38.2 Å². The highest BCUT2D eigenvalue weighted by atomic mass is 16.6. The molecule has 0 aliphatic carbocycles. The molecule has 4 N–H and O–H groups in total. The molecule has 2 aromatic rings. The first kappa shape index (κ1) is 34.6. The highest BCUT2D eigenvalue weighted by Crippen LogP contribution is 2.08. The van der Waals surface area contributed by atoms with Crippen LogP contribution in [0.3, 0.4) is 0 Å². The van der Waals surface area contributed by atoms with Gasteiger partial charge in [0.25, 0.3) is 0 Å². The lowest BCUT2D eigenvalue weighted by molar-refractivity contribution is -0.143. The van der Waals surface area contributed by atoms with Crippen molar-refractivity contribution in [2.75, 3.05) is 19.7 Å². The summed E-state index contributed by atoms with van der Waals surface area (Å²) in [5.74, 6) is -1.88. The van der Waals surface area contributed by atoms with Crippen molar-refractivity contribution in [1.82, 2.24) is 21.3 Å². The van der Waals surface area contributed by atoms with E-state index in [4.69, 9.17) is 14.2 Å². The lowest BCUT2D eigenvalue weighted by atomic mass is 10.0. The van der Waals surface area contributed by atoms with Gasteiger partial charge in [-0.05, 0) is 51.7 Å². The minimum atomic E-state index is -1.08. The van der Waals surface area contributed by atoms with E-state index in [1.165, 1.54) is 0 Å². The van der Waals surface area contributed by atoms with Crippen LogP contribution in [-0.4, -0.2) is 67.4 Å². The molecular formula is C31H42N4O8. The minimum absolute atomic E-state index is 0.00981. The second-order valence-electron chi connectivity index (χ2n) is 10.6. The van der Waals surface area contributed by atoms with Crippen LogP contribution < -0.4 is 21.3 Å². The van der Waals surface area contributed by atoms with Gasteiger partial charge in [-0.15, -0.1) is 0 Å². The van der Waals surface area contributed by atoms with Crippen molar-refractivity contribution in [1.29, 1.82) is 0 Å². The topological polar surface area (TPSA) is 161 Å². The Balaban J connectivity index is 2.10. The molecule has 234 valence electrons.